The first kappa shape index (κ1) is 10.1. The maximum Gasteiger partial charge on any atom is 0.0704 e. The highest BCUT2D eigenvalue weighted by Crippen LogP contribution is 2.14. The number of rotatable bonds is 3. The maximum absolute atomic E-state index is 9.21. The first-order valence-corrected chi connectivity index (χ1v) is 5.27. The first-order valence-electron chi connectivity index (χ1n) is 5.27. The summed E-state index contributed by atoms with van der Waals surface area (Å²) in [7, 11) is 0. The number of hydrogen-bond donors (Lipinski definition) is 1. The fraction of sp³-hybridized carbons (Fsp3) is 0.308. The Hall–Kier alpha value is -1.41. The van der Waals surface area contributed by atoms with Crippen molar-refractivity contribution in [1.29, 1.82) is 0 Å². The van der Waals surface area contributed by atoms with E-state index in [0.717, 1.165) is 18.4 Å². The van der Waals surface area contributed by atoms with E-state index in [1.54, 1.807) is 6.20 Å². The number of hydrogen-bond acceptors (Lipinski definition) is 2. The summed E-state index contributed by atoms with van der Waals surface area (Å²) in [4.78, 5) is 4.31. The predicted molar refractivity (Wildman–Crippen MR) is 61.7 cm³/mol. The van der Waals surface area contributed by atoms with Gasteiger partial charge in [-0.1, -0.05) is 18.2 Å². The third kappa shape index (κ3) is 2.54. The number of aliphatic hydroxyl groups excluding tert-OH is 1. The fourth-order valence-corrected chi connectivity index (χ4v) is 1.64. The molecular weight excluding hydrogens is 186 g/mol. The van der Waals surface area contributed by atoms with E-state index in [1.165, 1.54) is 10.9 Å². The van der Waals surface area contributed by atoms with E-state index in [4.69, 9.17) is 0 Å². The molecule has 1 aromatic heterocycles. The molecule has 2 nitrogen and oxygen atoms in total. The third-order valence-electron chi connectivity index (χ3n) is 2.52. The molecule has 0 radical (unpaired) electrons. The number of nitrogens with zero attached hydrogens (tertiary/aromatic N) is 1. The summed E-state index contributed by atoms with van der Waals surface area (Å²) in [6, 6.07) is 10.3. The van der Waals surface area contributed by atoms with Crippen molar-refractivity contribution in [2.75, 3.05) is 0 Å². The molecule has 0 unspecified atom stereocenters. The average molecular weight is 201 g/mol. The summed E-state index contributed by atoms with van der Waals surface area (Å²) in [6.07, 6.45) is 3.29. The second kappa shape index (κ2) is 4.41. The van der Waals surface area contributed by atoms with Gasteiger partial charge in [-0.15, -0.1) is 0 Å². The van der Waals surface area contributed by atoms with Crippen LogP contribution in [0, 0.1) is 0 Å². The molecule has 78 valence electrons. The van der Waals surface area contributed by atoms with Gasteiger partial charge < -0.3 is 5.11 Å². The Morgan fingerprint density at radius 2 is 2.20 bits per heavy atom. The van der Waals surface area contributed by atoms with Gasteiger partial charge >= 0.3 is 0 Å². The summed E-state index contributed by atoms with van der Waals surface area (Å²) in [5.74, 6) is 0. The number of benzene rings is 1. The molecule has 0 aliphatic carbocycles. The van der Waals surface area contributed by atoms with Crippen molar-refractivity contribution in [2.24, 2.45) is 0 Å². The second-order valence-electron chi connectivity index (χ2n) is 3.92. The zero-order valence-electron chi connectivity index (χ0n) is 8.85. The number of fused-ring (bicyclic) bond motifs is 1. The molecular formula is C13H15NO. The molecule has 1 aromatic carbocycles. The lowest BCUT2D eigenvalue weighted by atomic mass is 10.1. The Balaban J connectivity index is 2.23. The lowest BCUT2D eigenvalue weighted by Crippen LogP contribution is -2.01. The van der Waals surface area contributed by atoms with Crippen molar-refractivity contribution in [2.45, 2.75) is 25.9 Å². The third-order valence-corrected chi connectivity index (χ3v) is 2.52. The molecule has 0 aliphatic heterocycles. The monoisotopic (exact) mass is 201 g/mol. The van der Waals surface area contributed by atoms with Crippen molar-refractivity contribution < 1.29 is 5.11 Å². The summed E-state index contributed by atoms with van der Waals surface area (Å²) in [6.45, 7) is 1.82. The molecule has 2 rings (SSSR count). The highest BCUT2D eigenvalue weighted by Gasteiger charge is 1.99. The Bertz CT molecular complexity index is 451. The summed E-state index contributed by atoms with van der Waals surface area (Å²) >= 11 is 0. The van der Waals surface area contributed by atoms with Crippen molar-refractivity contribution in [3.63, 3.8) is 0 Å². The fourth-order valence-electron chi connectivity index (χ4n) is 1.64. The van der Waals surface area contributed by atoms with E-state index in [9.17, 15) is 5.11 Å². The average Bonchev–Trinajstić information content (AvgIpc) is 2.26. The zero-order valence-corrected chi connectivity index (χ0v) is 8.85. The molecule has 1 N–H and O–H groups in total. The number of aromatic nitrogens is 1. The van der Waals surface area contributed by atoms with Gasteiger partial charge in [-0.25, -0.2) is 0 Å². The normalized spacial score (nSPS) is 12.9. The SMILES string of the molecule is C[C@H](O)CCc1ccc2cccnc2c1. The van der Waals surface area contributed by atoms with Crippen LogP contribution in [0.25, 0.3) is 10.9 Å². The van der Waals surface area contributed by atoms with Gasteiger partial charge in [0, 0.05) is 11.6 Å². The van der Waals surface area contributed by atoms with Gasteiger partial charge in [-0.2, -0.15) is 0 Å². The van der Waals surface area contributed by atoms with Crippen LogP contribution in [-0.4, -0.2) is 16.2 Å². The Morgan fingerprint density at radius 1 is 1.33 bits per heavy atom. The van der Waals surface area contributed by atoms with Gasteiger partial charge in [-0.05, 0) is 37.5 Å². The van der Waals surface area contributed by atoms with Gasteiger partial charge in [0.2, 0.25) is 0 Å². The predicted octanol–water partition coefficient (Wildman–Crippen LogP) is 2.55. The highest BCUT2D eigenvalue weighted by atomic mass is 16.3. The van der Waals surface area contributed by atoms with Crippen molar-refractivity contribution in [3.8, 4) is 0 Å². The van der Waals surface area contributed by atoms with Crippen LogP contribution < -0.4 is 0 Å². The lowest BCUT2D eigenvalue weighted by molar-refractivity contribution is 0.185. The Morgan fingerprint density at radius 3 is 3.00 bits per heavy atom. The number of aryl methyl sites for hydroxylation is 1. The molecule has 0 amide bonds. The minimum Gasteiger partial charge on any atom is -0.393 e. The molecule has 2 heteroatoms. The molecule has 2 aromatic rings. The molecule has 0 spiro atoms. The topological polar surface area (TPSA) is 33.1 Å². The quantitative estimate of drug-likeness (QED) is 0.827. The molecule has 0 saturated heterocycles. The van der Waals surface area contributed by atoms with Crippen molar-refractivity contribution >= 4 is 10.9 Å². The van der Waals surface area contributed by atoms with Gasteiger partial charge in [0.1, 0.15) is 0 Å². The van der Waals surface area contributed by atoms with Crippen LogP contribution in [0.4, 0.5) is 0 Å². The van der Waals surface area contributed by atoms with Gasteiger partial charge in [0.25, 0.3) is 0 Å². The van der Waals surface area contributed by atoms with E-state index in [2.05, 4.69) is 29.2 Å². The van der Waals surface area contributed by atoms with E-state index >= 15 is 0 Å². The number of aliphatic hydroxyl groups is 1. The van der Waals surface area contributed by atoms with E-state index < -0.39 is 0 Å². The largest absolute Gasteiger partial charge is 0.393 e. The van der Waals surface area contributed by atoms with E-state index in [0.29, 0.717) is 0 Å². The molecule has 0 bridgehead atoms. The van der Waals surface area contributed by atoms with Crippen LogP contribution in [0.2, 0.25) is 0 Å². The molecule has 1 heterocycles. The van der Waals surface area contributed by atoms with Crippen LogP contribution in [0.1, 0.15) is 18.9 Å². The molecule has 0 fully saturated rings. The van der Waals surface area contributed by atoms with E-state index in [-0.39, 0.29) is 6.10 Å². The molecule has 0 aliphatic rings. The number of pyridine rings is 1. The standard InChI is InChI=1S/C13H15NO/c1-10(15)4-5-11-6-7-12-3-2-8-14-13(12)9-11/h2-3,6-10,15H,4-5H2,1H3/t10-/m0/s1. The molecule has 0 saturated carbocycles. The molecule has 1 atom stereocenters. The second-order valence-corrected chi connectivity index (χ2v) is 3.92. The first-order chi connectivity index (χ1) is 7.25. The van der Waals surface area contributed by atoms with Gasteiger partial charge in [-0.3, -0.25) is 4.98 Å². The zero-order chi connectivity index (χ0) is 10.7. The van der Waals surface area contributed by atoms with Crippen LogP contribution in [0.3, 0.4) is 0 Å². The maximum atomic E-state index is 9.21. The smallest absolute Gasteiger partial charge is 0.0704 e. The Kier molecular flexibility index (Phi) is 2.97. The molecule has 15 heavy (non-hydrogen) atoms. The highest BCUT2D eigenvalue weighted by molar-refractivity contribution is 5.78. The minimum absolute atomic E-state index is 0.232. The minimum atomic E-state index is -0.232. The van der Waals surface area contributed by atoms with Crippen molar-refractivity contribution in [3.05, 3.63) is 42.1 Å². The van der Waals surface area contributed by atoms with E-state index in [1.807, 2.05) is 13.0 Å². The Labute approximate surface area is 89.6 Å². The lowest BCUT2D eigenvalue weighted by Gasteiger charge is -2.05. The van der Waals surface area contributed by atoms with Crippen molar-refractivity contribution in [1.82, 2.24) is 4.98 Å². The van der Waals surface area contributed by atoms with Crippen LogP contribution in [0.15, 0.2) is 36.5 Å². The van der Waals surface area contributed by atoms with Gasteiger partial charge in [0.05, 0.1) is 11.6 Å². The summed E-state index contributed by atoms with van der Waals surface area (Å²) in [5.41, 5.74) is 2.27. The van der Waals surface area contributed by atoms with Crippen LogP contribution in [-0.2, 0) is 6.42 Å². The summed E-state index contributed by atoms with van der Waals surface area (Å²) < 4.78 is 0. The van der Waals surface area contributed by atoms with Crippen LogP contribution >= 0.6 is 0 Å². The van der Waals surface area contributed by atoms with Crippen LogP contribution in [0.5, 0.6) is 0 Å². The van der Waals surface area contributed by atoms with Gasteiger partial charge in [0.15, 0.2) is 0 Å². The summed E-state index contributed by atoms with van der Waals surface area (Å²) in [5, 5.41) is 10.4.